The second kappa shape index (κ2) is 8.71. The maximum absolute atomic E-state index is 12.5. The fourth-order valence-corrected chi connectivity index (χ4v) is 4.43. The summed E-state index contributed by atoms with van der Waals surface area (Å²) < 4.78 is 27.8. The molecule has 160 valence electrons. The number of urea groups is 1. The van der Waals surface area contributed by atoms with Gasteiger partial charge in [-0.25, -0.2) is 14.5 Å². The highest BCUT2D eigenvalue weighted by atomic mass is 32.2. The van der Waals surface area contributed by atoms with Crippen molar-refractivity contribution >= 4 is 23.3 Å². The second-order valence-corrected chi connectivity index (χ2v) is 7.95. The van der Waals surface area contributed by atoms with Gasteiger partial charge in [0.2, 0.25) is 0 Å². The van der Waals surface area contributed by atoms with E-state index in [1.54, 1.807) is 10.9 Å². The molecular formula is C15H22N7O6S-. The minimum atomic E-state index is -2.84. The summed E-state index contributed by atoms with van der Waals surface area (Å²) in [5, 5.41) is 11.9. The third-order valence-electron chi connectivity index (χ3n) is 5.45. The molecule has 2 bridgehead atoms. The molecule has 1 aromatic heterocycles. The highest BCUT2D eigenvalue weighted by Crippen LogP contribution is 2.30. The van der Waals surface area contributed by atoms with E-state index in [4.69, 9.17) is 4.84 Å². The molecule has 0 saturated carbocycles. The molecule has 5 atom stereocenters. The lowest BCUT2D eigenvalue weighted by molar-refractivity contribution is -0.139. The van der Waals surface area contributed by atoms with Crippen LogP contribution in [0.4, 0.5) is 4.79 Å². The fourth-order valence-electron chi connectivity index (χ4n) is 4.11. The molecule has 13 nitrogen and oxygen atoms in total. The largest absolute Gasteiger partial charge is 0.748 e. The summed E-state index contributed by atoms with van der Waals surface area (Å²) in [5.41, 5.74) is 2.42. The number of amides is 3. The van der Waals surface area contributed by atoms with Gasteiger partial charge < -0.3 is 14.8 Å². The van der Waals surface area contributed by atoms with Crippen LogP contribution in [-0.2, 0) is 31.8 Å². The number of piperidine rings is 1. The van der Waals surface area contributed by atoms with Crippen LogP contribution in [0.15, 0.2) is 12.4 Å². The van der Waals surface area contributed by atoms with Crippen molar-refractivity contribution < 1.29 is 27.5 Å². The molecule has 3 fully saturated rings. The molecule has 3 aliphatic rings. The van der Waals surface area contributed by atoms with Crippen LogP contribution in [0.5, 0.6) is 0 Å². The third-order valence-corrected chi connectivity index (χ3v) is 5.74. The number of fused-ring (bicyclic) bond motifs is 2. The maximum atomic E-state index is 12.5. The van der Waals surface area contributed by atoms with Crippen molar-refractivity contribution in [1.29, 1.82) is 0 Å². The number of hydroxylamine groups is 3. The quantitative estimate of drug-likeness (QED) is 0.364. The first-order chi connectivity index (χ1) is 14.0. The Labute approximate surface area is 169 Å². The molecule has 4 rings (SSSR count). The van der Waals surface area contributed by atoms with E-state index in [2.05, 4.69) is 25.4 Å². The topological polar surface area (TPSA) is 154 Å². The van der Waals surface area contributed by atoms with Crippen LogP contribution in [0, 0.1) is 5.92 Å². The van der Waals surface area contributed by atoms with Gasteiger partial charge in [-0.15, -0.1) is 5.10 Å². The standard InChI is InChI=1S/C15H23N7O6S/c23-14(13-2-1-12-8-21(13)15(24)22(12)28-29(25)26)18-27-9-11-5-10(6-16-11)7-20-4-3-17-19-20/h3-4,10-13,16H,1-2,5-9H2,(H,18,23)(H,25,26)/p-1/t10-,11-,12?,13?/m0/s1. The third kappa shape index (κ3) is 4.56. The zero-order valence-electron chi connectivity index (χ0n) is 15.5. The van der Waals surface area contributed by atoms with Crippen LogP contribution < -0.4 is 10.8 Å². The normalized spacial score (nSPS) is 30.0. The Morgan fingerprint density at radius 1 is 1.45 bits per heavy atom. The fraction of sp³-hybridized carbons (Fsp3) is 0.733. The molecule has 0 radical (unpaired) electrons. The van der Waals surface area contributed by atoms with Gasteiger partial charge in [0, 0.05) is 31.9 Å². The average Bonchev–Trinajstić information content (AvgIpc) is 3.41. The van der Waals surface area contributed by atoms with Crippen LogP contribution in [0.25, 0.3) is 0 Å². The minimum absolute atomic E-state index is 0.101. The predicted octanol–water partition coefficient (Wildman–Crippen LogP) is -1.70. The van der Waals surface area contributed by atoms with Gasteiger partial charge in [-0.3, -0.25) is 14.3 Å². The number of hydrogen-bond acceptors (Lipinski definition) is 9. The van der Waals surface area contributed by atoms with Crippen molar-refractivity contribution in [2.75, 3.05) is 19.7 Å². The first-order valence-electron chi connectivity index (χ1n) is 9.38. The molecule has 1 aromatic rings. The van der Waals surface area contributed by atoms with Crippen molar-refractivity contribution in [1.82, 2.24) is 35.8 Å². The van der Waals surface area contributed by atoms with E-state index < -0.39 is 29.3 Å². The van der Waals surface area contributed by atoms with Crippen LogP contribution in [0.2, 0.25) is 0 Å². The first kappa shape index (κ1) is 20.2. The summed E-state index contributed by atoms with van der Waals surface area (Å²) in [4.78, 5) is 31.4. The molecule has 3 saturated heterocycles. The maximum Gasteiger partial charge on any atom is 0.346 e. The molecule has 3 aliphatic heterocycles. The lowest BCUT2D eigenvalue weighted by Crippen LogP contribution is -2.50. The van der Waals surface area contributed by atoms with E-state index in [0.29, 0.717) is 25.4 Å². The molecule has 29 heavy (non-hydrogen) atoms. The highest BCUT2D eigenvalue weighted by Gasteiger charge is 2.48. The Hall–Kier alpha value is -2.13. The molecule has 4 heterocycles. The van der Waals surface area contributed by atoms with Crippen molar-refractivity contribution in [2.45, 2.75) is 43.9 Å². The van der Waals surface area contributed by atoms with Crippen LogP contribution in [0.3, 0.4) is 0 Å². The van der Waals surface area contributed by atoms with Gasteiger partial charge in [0.25, 0.3) is 5.91 Å². The Kier molecular flexibility index (Phi) is 6.05. The Bertz CT molecular complexity index is 764. The van der Waals surface area contributed by atoms with Crippen LogP contribution in [-0.4, -0.2) is 83.5 Å². The summed E-state index contributed by atoms with van der Waals surface area (Å²) in [7, 11) is 0. The van der Waals surface area contributed by atoms with Gasteiger partial charge in [0.05, 0.1) is 18.8 Å². The van der Waals surface area contributed by atoms with Crippen molar-refractivity contribution in [3.63, 3.8) is 0 Å². The number of hydrogen-bond donors (Lipinski definition) is 2. The zero-order valence-corrected chi connectivity index (χ0v) is 16.3. The van der Waals surface area contributed by atoms with Gasteiger partial charge in [-0.05, 0) is 25.2 Å². The van der Waals surface area contributed by atoms with E-state index in [-0.39, 0.29) is 18.6 Å². The molecule has 2 N–H and O–H groups in total. The monoisotopic (exact) mass is 428 g/mol. The van der Waals surface area contributed by atoms with Crippen molar-refractivity contribution in [3.8, 4) is 0 Å². The lowest BCUT2D eigenvalue weighted by atomic mass is 10.0. The Morgan fingerprint density at radius 3 is 3.07 bits per heavy atom. The SMILES string of the molecule is O=C(NOC[C@@H]1C[C@H](Cn2ccnn2)CN1)C1CCC2CN1C(=O)N2OS(=O)[O-]. The first-order valence-corrected chi connectivity index (χ1v) is 10.4. The van der Waals surface area contributed by atoms with E-state index >= 15 is 0 Å². The molecular weight excluding hydrogens is 406 g/mol. The van der Waals surface area contributed by atoms with Crippen LogP contribution in [0.1, 0.15) is 19.3 Å². The molecule has 3 amide bonds. The van der Waals surface area contributed by atoms with Crippen molar-refractivity contribution in [3.05, 3.63) is 12.4 Å². The van der Waals surface area contributed by atoms with E-state index in [9.17, 15) is 18.4 Å². The molecule has 0 spiro atoms. The van der Waals surface area contributed by atoms with Gasteiger partial charge in [0.1, 0.15) is 17.4 Å². The van der Waals surface area contributed by atoms with Gasteiger partial charge >= 0.3 is 6.03 Å². The minimum Gasteiger partial charge on any atom is -0.748 e. The number of aromatic nitrogens is 3. The van der Waals surface area contributed by atoms with E-state index in [1.807, 2.05) is 6.20 Å². The predicted molar refractivity (Wildman–Crippen MR) is 94.8 cm³/mol. The molecule has 0 aromatic carbocycles. The van der Waals surface area contributed by atoms with E-state index in [0.717, 1.165) is 24.6 Å². The number of rotatable bonds is 8. The summed E-state index contributed by atoms with van der Waals surface area (Å²) >= 11 is -2.84. The molecule has 0 aliphatic carbocycles. The number of nitrogens with zero attached hydrogens (tertiary/aromatic N) is 5. The highest BCUT2D eigenvalue weighted by molar-refractivity contribution is 7.74. The smallest absolute Gasteiger partial charge is 0.346 e. The molecule has 14 heteroatoms. The summed E-state index contributed by atoms with van der Waals surface area (Å²) in [5.74, 6) is -0.0323. The summed E-state index contributed by atoms with van der Waals surface area (Å²) in [6.45, 7) is 2.13. The lowest BCUT2D eigenvalue weighted by Gasteiger charge is -2.29. The Balaban J connectivity index is 1.20. The van der Waals surface area contributed by atoms with Gasteiger partial charge in [-0.2, -0.15) is 9.35 Å². The summed E-state index contributed by atoms with van der Waals surface area (Å²) in [6.07, 6.45) is 5.20. The van der Waals surface area contributed by atoms with Gasteiger partial charge in [0.15, 0.2) is 0 Å². The average molecular weight is 428 g/mol. The zero-order chi connectivity index (χ0) is 20.4. The molecule has 3 unspecified atom stereocenters. The van der Waals surface area contributed by atoms with Crippen molar-refractivity contribution in [2.24, 2.45) is 5.92 Å². The number of carbonyl (C=O) groups excluding carboxylic acids is 2. The van der Waals surface area contributed by atoms with Gasteiger partial charge in [-0.1, -0.05) is 5.21 Å². The Morgan fingerprint density at radius 2 is 2.31 bits per heavy atom. The second-order valence-electron chi connectivity index (χ2n) is 7.40. The summed E-state index contributed by atoms with van der Waals surface area (Å²) in [6, 6.07) is -1.63. The number of nitrogens with one attached hydrogen (secondary N) is 2. The number of carbonyl (C=O) groups is 2. The van der Waals surface area contributed by atoms with Crippen LogP contribution >= 0.6 is 0 Å². The van der Waals surface area contributed by atoms with E-state index in [1.165, 1.54) is 4.90 Å².